The van der Waals surface area contributed by atoms with Crippen LogP contribution in [0.5, 0.6) is 5.75 Å². The quantitative estimate of drug-likeness (QED) is 0.0253. The fourth-order valence-electron chi connectivity index (χ4n) is 5.37. The summed E-state index contributed by atoms with van der Waals surface area (Å²) in [4.78, 5) is 78.1. The van der Waals surface area contributed by atoms with E-state index in [-0.39, 0.29) is 78.8 Å². The Morgan fingerprint density at radius 1 is 1.02 bits per heavy atom. The summed E-state index contributed by atoms with van der Waals surface area (Å²) in [6, 6.07) is 16.2. The molecule has 6 N–H and O–H groups in total. The Labute approximate surface area is 331 Å². The number of nitrogens with one attached hydrogen (secondary N) is 3. The van der Waals surface area contributed by atoms with Crippen LogP contribution in [0.3, 0.4) is 0 Å². The Balaban J connectivity index is 1.13. The maximum absolute atomic E-state index is 13.4. The van der Waals surface area contributed by atoms with Gasteiger partial charge in [-0.1, -0.05) is 36.8 Å². The second-order valence-electron chi connectivity index (χ2n) is 12.6. The molecule has 1 amide bonds. The average Bonchev–Trinajstić information content (AvgIpc) is 3.18. The number of H-pyrrole nitrogens is 1. The highest BCUT2D eigenvalue weighted by atomic mass is 31.2. The van der Waals surface area contributed by atoms with Crippen molar-refractivity contribution in [3.63, 3.8) is 0 Å². The predicted molar refractivity (Wildman–Crippen MR) is 209 cm³/mol. The minimum atomic E-state index is -3.93. The van der Waals surface area contributed by atoms with Crippen LogP contribution in [0, 0.1) is 19.5 Å². The molecule has 58 heavy (non-hydrogen) atoms. The number of nitrogens with zero attached hydrogens (tertiary/aromatic N) is 3. The normalized spacial score (nSPS) is 12.4. The minimum Gasteiger partial charge on any atom is -0.480 e. The number of Topliss-reactive ketones (excluding diaryl/α,β-unsaturated/α-hetero) is 1. The molecule has 2 heterocycles. The van der Waals surface area contributed by atoms with E-state index < -0.39 is 37.3 Å². The van der Waals surface area contributed by atoms with E-state index in [0.29, 0.717) is 28.1 Å². The SMILES string of the molecule is C#COP(=O)(OCC)OCc1ccc(CC(=O)c2ccc(C)cc2OC(=O)CC[C@H](NC(=O)c2ccc(NCc3cnc4nc(N)[nH]c(=O)c4n3)cc2)C(=O)O)cc1. The number of nitrogens with two attached hydrogens (primary N) is 1. The van der Waals surface area contributed by atoms with Gasteiger partial charge in [-0.15, -0.1) is 0 Å². The highest BCUT2D eigenvalue weighted by Gasteiger charge is 2.27. The Morgan fingerprint density at radius 2 is 1.74 bits per heavy atom. The number of aromatic amines is 1. The van der Waals surface area contributed by atoms with Crippen LogP contribution in [0.1, 0.15) is 62.9 Å². The van der Waals surface area contributed by atoms with Gasteiger partial charge in [0.15, 0.2) is 16.9 Å². The van der Waals surface area contributed by atoms with E-state index in [2.05, 4.69) is 35.1 Å². The van der Waals surface area contributed by atoms with Crippen LogP contribution in [-0.2, 0) is 47.3 Å². The molecule has 5 rings (SSSR count). The summed E-state index contributed by atoms with van der Waals surface area (Å²) >= 11 is 0. The smallest absolute Gasteiger partial charge is 0.480 e. The van der Waals surface area contributed by atoms with Gasteiger partial charge in [-0.25, -0.2) is 19.3 Å². The third-order valence-electron chi connectivity index (χ3n) is 8.24. The lowest BCUT2D eigenvalue weighted by atomic mass is 10.00. The number of aliphatic carboxylic acids is 1. The van der Waals surface area contributed by atoms with Gasteiger partial charge < -0.3 is 30.7 Å². The summed E-state index contributed by atoms with van der Waals surface area (Å²) < 4.78 is 32.9. The third kappa shape index (κ3) is 11.6. The van der Waals surface area contributed by atoms with Gasteiger partial charge in [-0.2, -0.15) is 4.98 Å². The first-order valence-corrected chi connectivity index (χ1v) is 19.1. The first kappa shape index (κ1) is 42.2. The lowest BCUT2D eigenvalue weighted by molar-refractivity contribution is -0.140. The van der Waals surface area contributed by atoms with Crippen LogP contribution in [-0.4, -0.2) is 61.3 Å². The highest BCUT2D eigenvalue weighted by molar-refractivity contribution is 7.48. The third-order valence-corrected chi connectivity index (χ3v) is 9.59. The van der Waals surface area contributed by atoms with Gasteiger partial charge in [0.05, 0.1) is 37.2 Å². The molecule has 0 aliphatic carbocycles. The van der Waals surface area contributed by atoms with Gasteiger partial charge in [-0.05, 0) is 73.4 Å². The molecule has 0 saturated heterocycles. The number of hydrogen-bond donors (Lipinski definition) is 5. The maximum atomic E-state index is 13.4. The van der Waals surface area contributed by atoms with E-state index in [0.717, 1.165) is 0 Å². The maximum Gasteiger partial charge on any atom is 0.538 e. The standard InChI is InChI=1S/C39H38N7O11P/c1-4-54-58(53,55-5-2)56-22-25-9-7-24(8-10-25)19-31(47)29-15-6-23(3)18-32(29)57-33(48)17-16-30(38(51)52)44-36(49)26-11-13-27(14-12-26)41-20-28-21-42-35-34(43-28)37(50)46-39(40)45-35/h1,6-15,18,21,30,41H,5,16-17,19-20,22H2,2-3H3,(H,44,49)(H,51,52)(H3,40,42,45,46,50)/t30-,58?/m0/s1. The molecule has 18 nitrogen and oxygen atoms in total. The topological polar surface area (TPSA) is 264 Å². The number of benzene rings is 3. The lowest BCUT2D eigenvalue weighted by Crippen LogP contribution is -2.41. The number of ether oxygens (including phenoxy) is 1. The molecule has 3 aromatic carbocycles. The lowest BCUT2D eigenvalue weighted by Gasteiger charge is -2.15. The number of terminal acetylenes is 1. The van der Waals surface area contributed by atoms with Gasteiger partial charge in [0.25, 0.3) is 11.5 Å². The molecule has 0 fully saturated rings. The van der Waals surface area contributed by atoms with Gasteiger partial charge in [0.2, 0.25) is 5.95 Å². The first-order chi connectivity index (χ1) is 27.7. The molecule has 0 saturated carbocycles. The molecule has 0 spiro atoms. The van der Waals surface area contributed by atoms with Crippen LogP contribution >= 0.6 is 7.82 Å². The van der Waals surface area contributed by atoms with Crippen LogP contribution in [0.15, 0.2) is 77.7 Å². The van der Waals surface area contributed by atoms with Crippen molar-refractivity contribution in [1.29, 1.82) is 0 Å². The molecule has 5 aromatic rings. The van der Waals surface area contributed by atoms with E-state index in [1.54, 1.807) is 62.4 Å². The second-order valence-corrected chi connectivity index (χ2v) is 14.1. The molecule has 0 aliphatic rings. The number of phosphoric ester groups is 1. The van der Waals surface area contributed by atoms with Crippen LogP contribution < -0.4 is 26.7 Å². The van der Waals surface area contributed by atoms with Crippen molar-refractivity contribution in [3.05, 3.63) is 117 Å². The van der Waals surface area contributed by atoms with Crippen molar-refractivity contribution in [2.45, 2.75) is 52.3 Å². The van der Waals surface area contributed by atoms with Gasteiger partial charge in [0.1, 0.15) is 17.9 Å². The predicted octanol–water partition coefficient (Wildman–Crippen LogP) is 4.48. The summed E-state index contributed by atoms with van der Waals surface area (Å²) in [5.74, 6) is -3.27. The average molecular weight is 812 g/mol. The van der Waals surface area contributed by atoms with Crippen molar-refractivity contribution in [1.82, 2.24) is 25.3 Å². The number of amides is 1. The van der Waals surface area contributed by atoms with E-state index in [1.165, 1.54) is 30.5 Å². The fraction of sp³-hybridized carbons (Fsp3) is 0.231. The molecule has 300 valence electrons. The first-order valence-electron chi connectivity index (χ1n) is 17.6. The summed E-state index contributed by atoms with van der Waals surface area (Å²) in [5, 5.41) is 15.3. The Bertz CT molecular complexity index is 2470. The highest BCUT2D eigenvalue weighted by Crippen LogP contribution is 2.49. The number of ketones is 1. The number of phosphoric acid groups is 1. The number of fused-ring (bicyclic) bond motifs is 1. The molecule has 1 unspecified atom stereocenters. The minimum absolute atomic E-state index is 0.00772. The van der Waals surface area contributed by atoms with E-state index in [1.807, 2.05) is 0 Å². The zero-order valence-corrected chi connectivity index (χ0v) is 32.1. The number of aromatic nitrogens is 4. The fourth-order valence-corrected chi connectivity index (χ4v) is 6.30. The molecule has 0 bridgehead atoms. The number of anilines is 2. The summed E-state index contributed by atoms with van der Waals surface area (Å²) in [7, 11) is -3.93. The number of carboxylic acids is 1. The number of esters is 1. The number of carboxylic acid groups (broad SMARTS) is 1. The number of aryl methyl sites for hydroxylation is 1. The van der Waals surface area contributed by atoms with Crippen molar-refractivity contribution < 1.29 is 47.2 Å². The van der Waals surface area contributed by atoms with Crippen LogP contribution in [0.2, 0.25) is 0 Å². The number of rotatable bonds is 19. The van der Waals surface area contributed by atoms with Crippen molar-refractivity contribution >= 4 is 54.3 Å². The van der Waals surface area contributed by atoms with E-state index in [4.69, 9.17) is 25.9 Å². The van der Waals surface area contributed by atoms with Gasteiger partial charge >= 0.3 is 19.8 Å². The van der Waals surface area contributed by atoms with Gasteiger partial charge in [0, 0.05) is 24.1 Å². The largest absolute Gasteiger partial charge is 0.538 e. The monoisotopic (exact) mass is 811 g/mol. The Hall–Kier alpha value is -6.93. The van der Waals surface area contributed by atoms with Crippen molar-refractivity contribution in [2.75, 3.05) is 17.7 Å². The number of hydrogen-bond acceptors (Lipinski definition) is 15. The number of carbonyl (C=O) groups excluding carboxylic acids is 3. The zero-order valence-electron chi connectivity index (χ0n) is 31.2. The Morgan fingerprint density at radius 3 is 2.43 bits per heavy atom. The van der Waals surface area contributed by atoms with Crippen molar-refractivity contribution in [3.8, 4) is 18.3 Å². The van der Waals surface area contributed by atoms with E-state index >= 15 is 0 Å². The molecule has 19 heteroatoms. The van der Waals surface area contributed by atoms with Crippen LogP contribution in [0.25, 0.3) is 11.2 Å². The molecular weight excluding hydrogens is 773 g/mol. The molecule has 2 atom stereocenters. The molecule has 0 aliphatic heterocycles. The summed E-state index contributed by atoms with van der Waals surface area (Å²) in [6.45, 7) is 3.48. The molecule has 2 aromatic heterocycles. The number of nitrogen functional groups attached to an aromatic ring is 1. The van der Waals surface area contributed by atoms with Crippen LogP contribution in [0.4, 0.5) is 11.6 Å². The van der Waals surface area contributed by atoms with Crippen molar-refractivity contribution in [2.24, 2.45) is 0 Å². The molecular formula is C39H38N7O11P. The number of carbonyl (C=O) groups is 4. The second kappa shape index (κ2) is 19.3. The summed E-state index contributed by atoms with van der Waals surface area (Å²) in [5.41, 5.74) is 8.44. The van der Waals surface area contributed by atoms with Gasteiger partial charge in [-0.3, -0.25) is 33.2 Å². The summed E-state index contributed by atoms with van der Waals surface area (Å²) in [6.07, 6.45) is 7.58. The Kier molecular flexibility index (Phi) is 14.0. The molecule has 0 radical (unpaired) electrons. The van der Waals surface area contributed by atoms with E-state index in [9.17, 15) is 33.6 Å². The zero-order chi connectivity index (χ0) is 41.8.